The van der Waals surface area contributed by atoms with Crippen LogP contribution < -0.4 is 5.32 Å². The van der Waals surface area contributed by atoms with Crippen molar-refractivity contribution in [2.45, 2.75) is 44.9 Å². The van der Waals surface area contributed by atoms with Crippen LogP contribution in [0.15, 0.2) is 33.6 Å². The fourth-order valence-corrected chi connectivity index (χ4v) is 4.80. The van der Waals surface area contributed by atoms with Crippen LogP contribution in [0.3, 0.4) is 0 Å². The van der Waals surface area contributed by atoms with Crippen molar-refractivity contribution in [3.8, 4) is 0 Å². The molecule has 3 rings (SSSR count). The Kier molecular flexibility index (Phi) is 6.12. The Labute approximate surface area is 176 Å². The number of anilines is 1. The Morgan fingerprint density at radius 1 is 1.23 bits per heavy atom. The van der Waals surface area contributed by atoms with Gasteiger partial charge < -0.3 is 15.2 Å². The number of aryl methyl sites for hydroxylation is 1. The first-order valence-electron chi connectivity index (χ1n) is 9.82. The van der Waals surface area contributed by atoms with E-state index in [-0.39, 0.29) is 16.6 Å². The molecule has 2 N–H and O–H groups in total. The molecule has 0 atom stereocenters. The molecule has 1 amide bonds. The van der Waals surface area contributed by atoms with E-state index in [1.54, 1.807) is 6.92 Å². The fourth-order valence-electron chi connectivity index (χ4n) is 3.71. The zero-order valence-electron chi connectivity index (χ0n) is 17.6. The number of benzene rings is 1. The molecule has 8 nitrogen and oxygen atoms in total. The summed E-state index contributed by atoms with van der Waals surface area (Å²) in [5.41, 5.74) is 2.66. The van der Waals surface area contributed by atoms with Gasteiger partial charge >= 0.3 is 0 Å². The summed E-state index contributed by atoms with van der Waals surface area (Å²) in [5, 5.41) is 2.75. The van der Waals surface area contributed by atoms with Crippen LogP contribution in [0.4, 0.5) is 5.69 Å². The van der Waals surface area contributed by atoms with Gasteiger partial charge in [-0.15, -0.1) is 4.40 Å². The highest BCUT2D eigenvalue weighted by Crippen LogP contribution is 2.23. The Hall–Kier alpha value is -2.94. The van der Waals surface area contributed by atoms with Crippen molar-refractivity contribution in [1.82, 2.24) is 9.88 Å². The summed E-state index contributed by atoms with van der Waals surface area (Å²) in [5.74, 6) is 0.0810. The molecule has 0 saturated carbocycles. The molecule has 160 valence electrons. The van der Waals surface area contributed by atoms with Crippen LogP contribution in [0.25, 0.3) is 0 Å². The molecule has 0 spiro atoms. The summed E-state index contributed by atoms with van der Waals surface area (Å²) in [4.78, 5) is 29.5. The second-order valence-corrected chi connectivity index (χ2v) is 8.98. The molecular weight excluding hydrogens is 404 g/mol. The Morgan fingerprint density at radius 2 is 1.90 bits per heavy atom. The van der Waals surface area contributed by atoms with Crippen molar-refractivity contribution in [2.24, 2.45) is 4.40 Å². The normalized spacial score (nSPS) is 15.6. The van der Waals surface area contributed by atoms with Crippen LogP contribution in [-0.4, -0.2) is 49.4 Å². The van der Waals surface area contributed by atoms with Gasteiger partial charge in [-0.1, -0.05) is 6.92 Å². The molecule has 1 saturated heterocycles. The Morgan fingerprint density at radius 3 is 2.43 bits per heavy atom. The molecule has 1 aliphatic rings. The largest absolute Gasteiger partial charge is 0.362 e. The third-order valence-corrected chi connectivity index (χ3v) is 6.51. The van der Waals surface area contributed by atoms with Gasteiger partial charge in [0.1, 0.15) is 11.5 Å². The molecule has 2 heterocycles. The molecule has 0 aliphatic carbocycles. The number of sulfonamides is 1. The smallest absolute Gasteiger partial charge is 0.283 e. The minimum atomic E-state index is -3.81. The second-order valence-electron chi connectivity index (χ2n) is 7.37. The van der Waals surface area contributed by atoms with E-state index in [1.165, 1.54) is 31.2 Å². The van der Waals surface area contributed by atoms with Crippen LogP contribution in [0.1, 0.15) is 58.8 Å². The van der Waals surface area contributed by atoms with E-state index in [9.17, 15) is 18.0 Å². The maximum Gasteiger partial charge on any atom is 0.283 e. The van der Waals surface area contributed by atoms with Gasteiger partial charge in [0, 0.05) is 37.0 Å². The summed E-state index contributed by atoms with van der Waals surface area (Å²) >= 11 is 0. The fraction of sp³-hybridized carbons (Fsp3) is 0.381. The first-order chi connectivity index (χ1) is 14.1. The standard InChI is InChI=1S/C21H26N4O4S/c1-5-17-19(14(3)26)13(2)22-20(17)21(27)23-15-8-10-16(11-9-15)30(28,29)24-18-7-6-12-25(18)4/h8-11,22H,5-7,12H2,1-4H3,(H,23,27)/b24-18-. The molecular formula is C21H26N4O4S. The maximum absolute atomic E-state index is 12.7. The summed E-state index contributed by atoms with van der Waals surface area (Å²) < 4.78 is 29.0. The van der Waals surface area contributed by atoms with E-state index >= 15 is 0 Å². The number of H-pyrrole nitrogens is 1. The van der Waals surface area contributed by atoms with Gasteiger partial charge in [-0.25, -0.2) is 0 Å². The highest BCUT2D eigenvalue weighted by molar-refractivity contribution is 7.90. The number of aromatic nitrogens is 1. The van der Waals surface area contributed by atoms with Gasteiger partial charge in [-0.2, -0.15) is 8.42 Å². The van der Waals surface area contributed by atoms with Gasteiger partial charge in [0.15, 0.2) is 5.78 Å². The molecule has 1 aliphatic heterocycles. The SMILES string of the molecule is CCc1c(C(=O)Nc2ccc(S(=O)(=O)/N=C3/CCCN3C)cc2)[nH]c(C)c1C(C)=O. The van der Waals surface area contributed by atoms with Crippen molar-refractivity contribution in [3.05, 3.63) is 46.8 Å². The van der Waals surface area contributed by atoms with E-state index in [2.05, 4.69) is 14.7 Å². The minimum absolute atomic E-state index is 0.0668. The number of hydrogen-bond acceptors (Lipinski definition) is 4. The predicted octanol–water partition coefficient (Wildman–Crippen LogP) is 3.15. The summed E-state index contributed by atoms with van der Waals surface area (Å²) in [6.07, 6.45) is 2.06. The first kappa shape index (κ1) is 21.8. The lowest BCUT2D eigenvalue weighted by Crippen LogP contribution is -2.20. The van der Waals surface area contributed by atoms with Gasteiger partial charge in [0.2, 0.25) is 0 Å². The summed E-state index contributed by atoms with van der Waals surface area (Å²) in [6.45, 7) is 5.91. The number of carbonyl (C=O) groups is 2. The molecule has 1 aromatic heterocycles. The third kappa shape index (κ3) is 4.30. The lowest BCUT2D eigenvalue weighted by atomic mass is 10.0. The zero-order chi connectivity index (χ0) is 22.1. The summed E-state index contributed by atoms with van der Waals surface area (Å²) in [7, 11) is -1.98. The van der Waals surface area contributed by atoms with Crippen LogP contribution >= 0.6 is 0 Å². The third-order valence-electron chi connectivity index (χ3n) is 5.19. The molecule has 0 unspecified atom stereocenters. The highest BCUT2D eigenvalue weighted by Gasteiger charge is 2.23. The van der Waals surface area contributed by atoms with Crippen molar-refractivity contribution < 1.29 is 18.0 Å². The van der Waals surface area contributed by atoms with E-state index in [0.29, 0.717) is 46.9 Å². The molecule has 0 bridgehead atoms. The average molecular weight is 431 g/mol. The number of aromatic amines is 1. The van der Waals surface area contributed by atoms with E-state index < -0.39 is 10.0 Å². The molecule has 1 aromatic carbocycles. The lowest BCUT2D eigenvalue weighted by Gasteiger charge is -2.11. The number of amidine groups is 1. The van der Waals surface area contributed by atoms with Crippen molar-refractivity contribution in [3.63, 3.8) is 0 Å². The number of ketones is 1. The van der Waals surface area contributed by atoms with Crippen molar-refractivity contribution in [2.75, 3.05) is 18.9 Å². The first-order valence-corrected chi connectivity index (χ1v) is 11.3. The number of carbonyl (C=O) groups excluding carboxylic acids is 2. The lowest BCUT2D eigenvalue weighted by molar-refractivity contribution is 0.101. The van der Waals surface area contributed by atoms with Gasteiger partial charge in [0.05, 0.1) is 4.90 Å². The van der Waals surface area contributed by atoms with Crippen LogP contribution in [-0.2, 0) is 16.4 Å². The monoisotopic (exact) mass is 430 g/mol. The Bertz CT molecular complexity index is 1110. The number of likely N-dealkylation sites (tertiary alicyclic amines) is 1. The van der Waals surface area contributed by atoms with Gasteiger partial charge in [-0.3, -0.25) is 9.59 Å². The van der Waals surface area contributed by atoms with Gasteiger partial charge in [0.25, 0.3) is 15.9 Å². The number of hydrogen-bond donors (Lipinski definition) is 2. The summed E-state index contributed by atoms with van der Waals surface area (Å²) in [6, 6.07) is 5.89. The second kappa shape index (κ2) is 8.43. The van der Waals surface area contributed by atoms with E-state index in [1.807, 2.05) is 18.9 Å². The van der Waals surface area contributed by atoms with Crippen LogP contribution in [0, 0.1) is 6.92 Å². The van der Waals surface area contributed by atoms with E-state index in [0.717, 1.165) is 13.0 Å². The van der Waals surface area contributed by atoms with Crippen LogP contribution in [0.5, 0.6) is 0 Å². The van der Waals surface area contributed by atoms with Crippen LogP contribution in [0.2, 0.25) is 0 Å². The van der Waals surface area contributed by atoms with Crippen molar-refractivity contribution in [1.29, 1.82) is 0 Å². The number of amides is 1. The predicted molar refractivity (Wildman–Crippen MR) is 116 cm³/mol. The highest BCUT2D eigenvalue weighted by atomic mass is 32.2. The maximum atomic E-state index is 12.7. The quantitative estimate of drug-likeness (QED) is 0.684. The number of nitrogens with zero attached hydrogens (tertiary/aromatic N) is 2. The van der Waals surface area contributed by atoms with E-state index in [4.69, 9.17) is 0 Å². The average Bonchev–Trinajstić information content (AvgIpc) is 3.24. The molecule has 0 radical (unpaired) electrons. The Balaban J connectivity index is 1.80. The molecule has 9 heteroatoms. The number of Topliss-reactive ketones (excluding diaryl/α,β-unsaturated/α-hetero) is 1. The topological polar surface area (TPSA) is 112 Å². The molecule has 2 aromatic rings. The van der Waals surface area contributed by atoms with Crippen molar-refractivity contribution >= 4 is 33.2 Å². The number of nitrogens with one attached hydrogen (secondary N) is 2. The minimum Gasteiger partial charge on any atom is -0.362 e. The molecule has 1 fully saturated rings. The van der Waals surface area contributed by atoms with Gasteiger partial charge in [-0.05, 0) is 56.5 Å². The molecule has 30 heavy (non-hydrogen) atoms. The zero-order valence-corrected chi connectivity index (χ0v) is 18.4. The number of rotatable bonds is 6.